The fourth-order valence-electron chi connectivity index (χ4n) is 1.35. The van der Waals surface area contributed by atoms with Crippen LogP contribution in [0, 0.1) is 5.92 Å². The van der Waals surface area contributed by atoms with Crippen molar-refractivity contribution in [1.29, 1.82) is 0 Å². The smallest absolute Gasteiger partial charge is 0.221 e. The fourth-order valence-corrected chi connectivity index (χ4v) is 1.35. The molecule has 2 heteroatoms. The maximum atomic E-state index is 11.1. The summed E-state index contributed by atoms with van der Waals surface area (Å²) in [4.78, 5) is 11.1. The molecule has 0 bridgehead atoms. The number of benzene rings is 1. The minimum atomic E-state index is -0.0363. The summed E-state index contributed by atoms with van der Waals surface area (Å²) in [6.07, 6.45) is 2.05. The summed E-state index contributed by atoms with van der Waals surface area (Å²) in [5, 5.41) is 2.85. The summed E-state index contributed by atoms with van der Waals surface area (Å²) in [5.41, 5.74) is 1.93. The standard InChI is InChI=1S/C13H17NO/c1-10(2)9-13(14-11(3)15)12-7-5-4-6-8-12/h4-10H,1-3H3,(H,14,15). The monoisotopic (exact) mass is 203 g/mol. The van der Waals surface area contributed by atoms with E-state index in [2.05, 4.69) is 25.2 Å². The van der Waals surface area contributed by atoms with E-state index < -0.39 is 0 Å². The minimum Gasteiger partial charge on any atom is -0.326 e. The van der Waals surface area contributed by atoms with E-state index in [1.165, 1.54) is 6.92 Å². The molecule has 1 N–H and O–H groups in total. The van der Waals surface area contributed by atoms with Crippen LogP contribution in [0.2, 0.25) is 0 Å². The van der Waals surface area contributed by atoms with Crippen LogP contribution in [0.25, 0.3) is 5.70 Å². The highest BCUT2D eigenvalue weighted by molar-refractivity contribution is 5.84. The lowest BCUT2D eigenvalue weighted by Gasteiger charge is -2.09. The van der Waals surface area contributed by atoms with Crippen molar-refractivity contribution >= 4 is 11.6 Å². The van der Waals surface area contributed by atoms with Crippen LogP contribution in [0.15, 0.2) is 36.4 Å². The Kier molecular flexibility index (Phi) is 4.10. The fraction of sp³-hybridized carbons (Fsp3) is 0.308. The number of hydrogen-bond acceptors (Lipinski definition) is 1. The van der Waals surface area contributed by atoms with E-state index in [9.17, 15) is 4.79 Å². The van der Waals surface area contributed by atoms with Crippen LogP contribution in [-0.4, -0.2) is 5.91 Å². The van der Waals surface area contributed by atoms with Gasteiger partial charge in [0.2, 0.25) is 5.91 Å². The van der Waals surface area contributed by atoms with E-state index in [0.29, 0.717) is 5.92 Å². The molecule has 0 unspecified atom stereocenters. The molecule has 1 rings (SSSR count). The van der Waals surface area contributed by atoms with Gasteiger partial charge in [-0.3, -0.25) is 4.79 Å². The molecule has 0 saturated carbocycles. The Morgan fingerprint density at radius 1 is 1.27 bits per heavy atom. The van der Waals surface area contributed by atoms with Crippen molar-refractivity contribution in [2.24, 2.45) is 5.92 Å². The zero-order chi connectivity index (χ0) is 11.3. The summed E-state index contributed by atoms with van der Waals surface area (Å²) in [7, 11) is 0. The van der Waals surface area contributed by atoms with Gasteiger partial charge >= 0.3 is 0 Å². The number of allylic oxidation sites excluding steroid dienone is 1. The molecule has 0 aliphatic carbocycles. The number of rotatable bonds is 3. The minimum absolute atomic E-state index is 0.0363. The van der Waals surface area contributed by atoms with Crippen LogP contribution in [0.1, 0.15) is 26.3 Å². The van der Waals surface area contributed by atoms with Gasteiger partial charge in [0.05, 0.1) is 0 Å². The molecule has 1 aromatic rings. The first-order chi connectivity index (χ1) is 7.09. The van der Waals surface area contributed by atoms with Gasteiger partial charge in [-0.05, 0) is 11.5 Å². The number of carbonyl (C=O) groups excluding carboxylic acids is 1. The molecule has 80 valence electrons. The van der Waals surface area contributed by atoms with Gasteiger partial charge in [0.15, 0.2) is 0 Å². The molecule has 2 nitrogen and oxygen atoms in total. The molecule has 0 spiro atoms. The first-order valence-corrected chi connectivity index (χ1v) is 5.14. The van der Waals surface area contributed by atoms with Gasteiger partial charge in [-0.15, -0.1) is 0 Å². The predicted molar refractivity (Wildman–Crippen MR) is 63.1 cm³/mol. The Balaban J connectivity index is 2.96. The molecule has 0 fully saturated rings. The van der Waals surface area contributed by atoms with Gasteiger partial charge in [0, 0.05) is 12.6 Å². The van der Waals surface area contributed by atoms with E-state index in [1.54, 1.807) is 0 Å². The Morgan fingerprint density at radius 3 is 2.33 bits per heavy atom. The second kappa shape index (κ2) is 5.35. The third kappa shape index (κ3) is 3.98. The number of amides is 1. The zero-order valence-electron chi connectivity index (χ0n) is 9.45. The summed E-state index contributed by atoms with van der Waals surface area (Å²) < 4.78 is 0. The molecule has 0 atom stereocenters. The second-order valence-electron chi connectivity index (χ2n) is 3.87. The molecule has 0 radical (unpaired) electrons. The van der Waals surface area contributed by atoms with Crippen LogP contribution in [-0.2, 0) is 4.79 Å². The molecular formula is C13H17NO. The summed E-state index contributed by atoms with van der Waals surface area (Å²) in [5.74, 6) is 0.373. The Bertz CT molecular complexity index is 352. The van der Waals surface area contributed by atoms with E-state index in [-0.39, 0.29) is 5.91 Å². The van der Waals surface area contributed by atoms with Crippen molar-refractivity contribution in [2.45, 2.75) is 20.8 Å². The molecule has 0 aliphatic rings. The Morgan fingerprint density at radius 2 is 1.87 bits per heavy atom. The number of carbonyl (C=O) groups is 1. The van der Waals surface area contributed by atoms with E-state index in [1.807, 2.05) is 30.3 Å². The van der Waals surface area contributed by atoms with Crippen molar-refractivity contribution in [2.75, 3.05) is 0 Å². The maximum Gasteiger partial charge on any atom is 0.221 e. The van der Waals surface area contributed by atoms with Crippen LogP contribution in [0.3, 0.4) is 0 Å². The molecule has 0 heterocycles. The summed E-state index contributed by atoms with van der Waals surface area (Å²) in [6, 6.07) is 9.87. The highest BCUT2D eigenvalue weighted by Gasteiger charge is 2.03. The highest BCUT2D eigenvalue weighted by Crippen LogP contribution is 2.13. The van der Waals surface area contributed by atoms with Crippen molar-refractivity contribution in [3.63, 3.8) is 0 Å². The molecule has 15 heavy (non-hydrogen) atoms. The van der Waals surface area contributed by atoms with Crippen LogP contribution in [0.4, 0.5) is 0 Å². The molecular weight excluding hydrogens is 186 g/mol. The van der Waals surface area contributed by atoms with Crippen LogP contribution in [0.5, 0.6) is 0 Å². The highest BCUT2D eigenvalue weighted by atomic mass is 16.1. The summed E-state index contributed by atoms with van der Waals surface area (Å²) >= 11 is 0. The van der Waals surface area contributed by atoms with Crippen LogP contribution < -0.4 is 5.32 Å². The first-order valence-electron chi connectivity index (χ1n) is 5.14. The molecule has 1 aromatic carbocycles. The Hall–Kier alpha value is -1.57. The summed E-state index contributed by atoms with van der Waals surface area (Å²) in [6.45, 7) is 5.70. The first kappa shape index (κ1) is 11.5. The van der Waals surface area contributed by atoms with Gasteiger partial charge in [0.25, 0.3) is 0 Å². The molecule has 1 amide bonds. The number of nitrogens with one attached hydrogen (secondary N) is 1. The molecule has 0 saturated heterocycles. The topological polar surface area (TPSA) is 29.1 Å². The average Bonchev–Trinajstić information content (AvgIpc) is 2.17. The SMILES string of the molecule is CC(=O)NC(=CC(C)C)c1ccccc1. The van der Waals surface area contributed by atoms with Crippen molar-refractivity contribution < 1.29 is 4.79 Å². The third-order valence-corrected chi connectivity index (χ3v) is 1.90. The van der Waals surface area contributed by atoms with Crippen molar-refractivity contribution in [3.05, 3.63) is 42.0 Å². The lowest BCUT2D eigenvalue weighted by atomic mass is 10.1. The van der Waals surface area contributed by atoms with Crippen LogP contribution >= 0.6 is 0 Å². The maximum absolute atomic E-state index is 11.1. The molecule has 0 aromatic heterocycles. The van der Waals surface area contributed by atoms with Gasteiger partial charge in [-0.1, -0.05) is 50.3 Å². The number of hydrogen-bond donors (Lipinski definition) is 1. The second-order valence-corrected chi connectivity index (χ2v) is 3.87. The Labute approximate surface area is 91.0 Å². The predicted octanol–water partition coefficient (Wildman–Crippen LogP) is 2.82. The molecule has 0 aliphatic heterocycles. The van der Waals surface area contributed by atoms with Crippen molar-refractivity contribution in [1.82, 2.24) is 5.32 Å². The normalized spacial score (nSPS) is 11.6. The lowest BCUT2D eigenvalue weighted by molar-refractivity contribution is -0.117. The quantitative estimate of drug-likeness (QED) is 0.804. The van der Waals surface area contributed by atoms with Gasteiger partial charge < -0.3 is 5.32 Å². The van der Waals surface area contributed by atoms with Gasteiger partial charge in [0.1, 0.15) is 0 Å². The van der Waals surface area contributed by atoms with Gasteiger partial charge in [-0.25, -0.2) is 0 Å². The zero-order valence-corrected chi connectivity index (χ0v) is 9.45. The largest absolute Gasteiger partial charge is 0.326 e. The van der Waals surface area contributed by atoms with Crippen molar-refractivity contribution in [3.8, 4) is 0 Å². The average molecular weight is 203 g/mol. The van der Waals surface area contributed by atoms with E-state index in [4.69, 9.17) is 0 Å². The van der Waals surface area contributed by atoms with E-state index in [0.717, 1.165) is 11.3 Å². The lowest BCUT2D eigenvalue weighted by Crippen LogP contribution is -2.18. The van der Waals surface area contributed by atoms with E-state index >= 15 is 0 Å². The third-order valence-electron chi connectivity index (χ3n) is 1.90. The van der Waals surface area contributed by atoms with Gasteiger partial charge in [-0.2, -0.15) is 0 Å².